The summed E-state index contributed by atoms with van der Waals surface area (Å²) < 4.78 is 11.6. The van der Waals surface area contributed by atoms with Crippen LogP contribution < -0.4 is 9.47 Å². The number of hydrogen-bond donors (Lipinski definition) is 0. The second-order valence-electron chi connectivity index (χ2n) is 9.33. The van der Waals surface area contributed by atoms with Gasteiger partial charge >= 0.3 is 0 Å². The van der Waals surface area contributed by atoms with Crippen LogP contribution >= 0.6 is 11.3 Å². The van der Waals surface area contributed by atoms with E-state index in [-0.39, 0.29) is 30.3 Å². The fourth-order valence-corrected chi connectivity index (χ4v) is 5.23. The Balaban J connectivity index is 1.50. The molecule has 0 N–H and O–H groups in total. The van der Waals surface area contributed by atoms with Crippen LogP contribution in [-0.2, 0) is 16.0 Å². The standard InChI is InChI=1S/C26H34N2O4S/c1-18(2)10-13-27(26(30)19-8-9-19)16-25(29)28-14-11-24-20(12-15-33-24)21(28)17-32-23-7-5-4-6-22(23)31-3/h4-7,12,15,18-19,21H,8-11,13-14,16-17H2,1-3H3/t21-/m0/s1. The number of methoxy groups -OCH3 is 1. The van der Waals surface area contributed by atoms with Crippen LogP contribution in [0.1, 0.15) is 49.6 Å². The molecule has 0 bridgehead atoms. The Morgan fingerprint density at radius 1 is 1.18 bits per heavy atom. The fourth-order valence-electron chi connectivity index (χ4n) is 4.31. The number of fused-ring (bicyclic) bond motifs is 1. The summed E-state index contributed by atoms with van der Waals surface area (Å²) in [6.07, 6.45) is 3.64. The minimum Gasteiger partial charge on any atom is -0.493 e. The quantitative estimate of drug-likeness (QED) is 0.511. The van der Waals surface area contributed by atoms with Crippen molar-refractivity contribution < 1.29 is 19.1 Å². The van der Waals surface area contributed by atoms with Crippen LogP contribution in [0.15, 0.2) is 35.7 Å². The predicted molar refractivity (Wildman–Crippen MR) is 130 cm³/mol. The average Bonchev–Trinajstić information content (AvgIpc) is 3.56. The van der Waals surface area contributed by atoms with E-state index in [2.05, 4.69) is 25.3 Å². The molecule has 1 aromatic carbocycles. The number of amides is 2. The van der Waals surface area contributed by atoms with E-state index in [1.165, 1.54) is 4.88 Å². The van der Waals surface area contributed by atoms with E-state index in [0.29, 0.717) is 37.1 Å². The Labute approximate surface area is 200 Å². The number of ether oxygens (including phenoxy) is 2. The zero-order chi connectivity index (χ0) is 23.4. The van der Waals surface area contributed by atoms with E-state index < -0.39 is 0 Å². The zero-order valence-electron chi connectivity index (χ0n) is 19.8. The lowest BCUT2D eigenvalue weighted by Gasteiger charge is -2.37. The summed E-state index contributed by atoms with van der Waals surface area (Å²) in [4.78, 5) is 31.4. The Kier molecular flexibility index (Phi) is 7.58. The third-order valence-electron chi connectivity index (χ3n) is 6.42. The summed E-state index contributed by atoms with van der Waals surface area (Å²) in [6, 6.07) is 9.48. The molecule has 0 saturated heterocycles. The van der Waals surface area contributed by atoms with Crippen molar-refractivity contribution in [2.24, 2.45) is 11.8 Å². The Hall–Kier alpha value is -2.54. The van der Waals surface area contributed by atoms with E-state index in [1.54, 1.807) is 23.3 Å². The molecule has 7 heteroatoms. The molecule has 2 aromatic rings. The number of benzene rings is 1. The number of nitrogens with zero attached hydrogens (tertiary/aromatic N) is 2. The molecular formula is C26H34N2O4S. The first-order chi connectivity index (χ1) is 16.0. The van der Waals surface area contributed by atoms with Gasteiger partial charge in [0.25, 0.3) is 0 Å². The largest absolute Gasteiger partial charge is 0.493 e. The van der Waals surface area contributed by atoms with Crippen LogP contribution in [0.5, 0.6) is 11.5 Å². The first kappa shape index (κ1) is 23.6. The minimum atomic E-state index is -0.180. The number of thiophene rings is 1. The number of carbonyl (C=O) groups excluding carboxylic acids is 2. The van der Waals surface area contributed by atoms with Crippen LogP contribution in [0, 0.1) is 11.8 Å². The van der Waals surface area contributed by atoms with Crippen LogP contribution in [0.3, 0.4) is 0 Å². The minimum absolute atomic E-state index is 0.00164. The zero-order valence-corrected chi connectivity index (χ0v) is 20.6. The molecule has 2 amide bonds. The SMILES string of the molecule is COc1ccccc1OC[C@H]1c2ccsc2CCN1C(=O)CN(CCC(C)C)C(=O)C1CC1. The highest BCUT2D eigenvalue weighted by Crippen LogP contribution is 2.36. The summed E-state index contributed by atoms with van der Waals surface area (Å²) in [5.74, 6) is 2.07. The van der Waals surface area contributed by atoms with Crippen molar-refractivity contribution in [1.29, 1.82) is 0 Å². The van der Waals surface area contributed by atoms with Crippen LogP contribution in [0.25, 0.3) is 0 Å². The molecule has 0 unspecified atom stereocenters. The maximum Gasteiger partial charge on any atom is 0.242 e. The van der Waals surface area contributed by atoms with E-state index in [4.69, 9.17) is 9.47 Å². The molecule has 1 saturated carbocycles. The maximum absolute atomic E-state index is 13.5. The van der Waals surface area contributed by atoms with Gasteiger partial charge in [-0.2, -0.15) is 0 Å². The van der Waals surface area contributed by atoms with Crippen LogP contribution in [0.2, 0.25) is 0 Å². The molecule has 1 atom stereocenters. The number of carbonyl (C=O) groups is 2. The van der Waals surface area contributed by atoms with Gasteiger partial charge in [0, 0.05) is 23.9 Å². The van der Waals surface area contributed by atoms with E-state index >= 15 is 0 Å². The number of hydrogen-bond acceptors (Lipinski definition) is 5. The molecule has 1 aliphatic carbocycles. The summed E-state index contributed by atoms with van der Waals surface area (Å²) in [5, 5.41) is 2.08. The van der Waals surface area contributed by atoms with Gasteiger partial charge in [0.1, 0.15) is 6.61 Å². The van der Waals surface area contributed by atoms with Crippen molar-refractivity contribution in [2.45, 2.75) is 45.6 Å². The second kappa shape index (κ2) is 10.6. The van der Waals surface area contributed by atoms with E-state index in [0.717, 1.165) is 31.2 Å². The monoisotopic (exact) mass is 470 g/mol. The van der Waals surface area contributed by atoms with Crippen molar-refractivity contribution in [2.75, 3.05) is 33.4 Å². The molecule has 4 rings (SSSR count). The van der Waals surface area contributed by atoms with Crippen molar-refractivity contribution in [3.05, 3.63) is 46.2 Å². The Morgan fingerprint density at radius 3 is 2.64 bits per heavy atom. The van der Waals surface area contributed by atoms with Gasteiger partial charge in [-0.3, -0.25) is 9.59 Å². The predicted octanol–water partition coefficient (Wildman–Crippen LogP) is 4.55. The summed E-state index contributed by atoms with van der Waals surface area (Å²) >= 11 is 1.73. The lowest BCUT2D eigenvalue weighted by atomic mass is 10.00. The summed E-state index contributed by atoms with van der Waals surface area (Å²) in [7, 11) is 1.62. The molecule has 1 aromatic heterocycles. The molecule has 178 valence electrons. The van der Waals surface area contributed by atoms with Gasteiger partial charge in [0.2, 0.25) is 11.8 Å². The summed E-state index contributed by atoms with van der Waals surface area (Å²) in [5.41, 5.74) is 1.15. The highest BCUT2D eigenvalue weighted by Gasteiger charge is 2.37. The first-order valence-electron chi connectivity index (χ1n) is 11.9. The van der Waals surface area contributed by atoms with Gasteiger partial charge in [0.05, 0.1) is 19.7 Å². The van der Waals surface area contributed by atoms with Gasteiger partial charge < -0.3 is 19.3 Å². The smallest absolute Gasteiger partial charge is 0.242 e. The van der Waals surface area contributed by atoms with Gasteiger partial charge in [-0.1, -0.05) is 26.0 Å². The van der Waals surface area contributed by atoms with Crippen LogP contribution in [-0.4, -0.2) is 55.0 Å². The van der Waals surface area contributed by atoms with E-state index in [1.807, 2.05) is 29.2 Å². The lowest BCUT2D eigenvalue weighted by molar-refractivity contribution is -0.143. The molecule has 0 spiro atoms. The highest BCUT2D eigenvalue weighted by molar-refractivity contribution is 7.10. The highest BCUT2D eigenvalue weighted by atomic mass is 32.1. The molecule has 33 heavy (non-hydrogen) atoms. The van der Waals surface area contributed by atoms with Crippen LogP contribution in [0.4, 0.5) is 0 Å². The lowest BCUT2D eigenvalue weighted by Crippen LogP contribution is -2.48. The van der Waals surface area contributed by atoms with Crippen molar-refractivity contribution >= 4 is 23.2 Å². The Bertz CT molecular complexity index is 969. The average molecular weight is 471 g/mol. The fraction of sp³-hybridized carbons (Fsp3) is 0.538. The number of rotatable bonds is 10. The molecular weight excluding hydrogens is 436 g/mol. The van der Waals surface area contributed by atoms with Crippen molar-refractivity contribution in [3.8, 4) is 11.5 Å². The topological polar surface area (TPSA) is 59.1 Å². The summed E-state index contributed by atoms with van der Waals surface area (Å²) in [6.45, 7) is 6.07. The van der Waals surface area contributed by atoms with E-state index in [9.17, 15) is 9.59 Å². The molecule has 2 aliphatic rings. The van der Waals surface area contributed by atoms with Gasteiger partial charge in [-0.05, 0) is 60.7 Å². The molecule has 6 nitrogen and oxygen atoms in total. The van der Waals surface area contributed by atoms with Crippen molar-refractivity contribution in [3.63, 3.8) is 0 Å². The van der Waals surface area contributed by atoms with Crippen molar-refractivity contribution in [1.82, 2.24) is 9.80 Å². The number of para-hydroxylation sites is 2. The second-order valence-corrected chi connectivity index (χ2v) is 10.3. The first-order valence-corrected chi connectivity index (χ1v) is 12.8. The normalized spacial score (nSPS) is 17.6. The molecule has 1 aliphatic heterocycles. The Morgan fingerprint density at radius 2 is 1.94 bits per heavy atom. The van der Waals surface area contributed by atoms with Gasteiger partial charge in [0.15, 0.2) is 11.5 Å². The van der Waals surface area contributed by atoms with Gasteiger partial charge in [-0.15, -0.1) is 11.3 Å². The molecule has 2 heterocycles. The molecule has 1 fully saturated rings. The third kappa shape index (κ3) is 5.69. The van der Waals surface area contributed by atoms with Gasteiger partial charge in [-0.25, -0.2) is 0 Å². The molecule has 0 radical (unpaired) electrons. The maximum atomic E-state index is 13.5. The third-order valence-corrected chi connectivity index (χ3v) is 7.42.